The number of anilines is 1. The van der Waals surface area contributed by atoms with Crippen molar-refractivity contribution in [1.82, 2.24) is 10.2 Å². The molecule has 33 heavy (non-hydrogen) atoms. The third-order valence-electron chi connectivity index (χ3n) is 6.11. The molecule has 0 bridgehead atoms. The van der Waals surface area contributed by atoms with Gasteiger partial charge < -0.3 is 10.2 Å². The molecular weight excluding hydrogens is 454 g/mol. The van der Waals surface area contributed by atoms with E-state index < -0.39 is 4.87 Å². The molecule has 0 aliphatic carbocycles. The summed E-state index contributed by atoms with van der Waals surface area (Å²) in [5.41, 5.74) is 4.78. The van der Waals surface area contributed by atoms with Crippen LogP contribution in [0.1, 0.15) is 22.3 Å². The summed E-state index contributed by atoms with van der Waals surface area (Å²) in [4.78, 5) is 29.7. The van der Waals surface area contributed by atoms with Crippen molar-refractivity contribution in [3.63, 3.8) is 0 Å². The first-order chi connectivity index (χ1) is 16.0. The number of amides is 3. The van der Waals surface area contributed by atoms with E-state index in [1.807, 2.05) is 73.7 Å². The van der Waals surface area contributed by atoms with Gasteiger partial charge in [-0.2, -0.15) is 0 Å². The third-order valence-corrected chi connectivity index (χ3v) is 7.76. The highest BCUT2D eigenvalue weighted by molar-refractivity contribution is 8.01. The van der Waals surface area contributed by atoms with Crippen molar-refractivity contribution < 1.29 is 9.59 Å². The largest absolute Gasteiger partial charge is 0.334 e. The van der Waals surface area contributed by atoms with Gasteiger partial charge in [0.2, 0.25) is 0 Å². The Labute approximate surface area is 202 Å². The van der Waals surface area contributed by atoms with Gasteiger partial charge in [0, 0.05) is 29.4 Å². The standard InChI is InChI=1S/C26H24ClN3O2S/c1-18-6-5-9-20(14-18)16-28-25(32)30-12-13-33-26(30)22-15-21(27)10-11-23(22)29(24(26)31)17-19-7-3-2-4-8-19/h2-11,14-15H,12-13,16-17H2,1H3,(H,28,32)/t26-/m1/s1. The summed E-state index contributed by atoms with van der Waals surface area (Å²) >= 11 is 7.87. The first-order valence-electron chi connectivity index (χ1n) is 10.9. The minimum atomic E-state index is -1.11. The van der Waals surface area contributed by atoms with Crippen molar-refractivity contribution in [2.75, 3.05) is 17.2 Å². The molecule has 2 aliphatic rings. The fourth-order valence-corrected chi connectivity index (χ4v) is 6.23. The summed E-state index contributed by atoms with van der Waals surface area (Å²) in [7, 11) is 0. The number of rotatable bonds is 4. The van der Waals surface area contributed by atoms with E-state index >= 15 is 0 Å². The molecule has 1 fully saturated rings. The quantitative estimate of drug-likeness (QED) is 0.554. The first-order valence-corrected chi connectivity index (χ1v) is 12.3. The number of nitrogens with one attached hydrogen (secondary N) is 1. The van der Waals surface area contributed by atoms with Crippen molar-refractivity contribution in [2.45, 2.75) is 24.9 Å². The van der Waals surface area contributed by atoms with Gasteiger partial charge in [0.05, 0.1) is 12.2 Å². The maximum Gasteiger partial charge on any atom is 0.319 e. The van der Waals surface area contributed by atoms with Crippen LogP contribution < -0.4 is 10.2 Å². The zero-order valence-corrected chi connectivity index (χ0v) is 19.8. The Bertz CT molecular complexity index is 1220. The van der Waals surface area contributed by atoms with E-state index in [-0.39, 0.29) is 11.9 Å². The van der Waals surface area contributed by atoms with Crippen molar-refractivity contribution in [1.29, 1.82) is 0 Å². The molecule has 1 spiro atoms. The summed E-state index contributed by atoms with van der Waals surface area (Å²) in [5, 5.41) is 3.57. The lowest BCUT2D eigenvalue weighted by atomic mass is 10.1. The highest BCUT2D eigenvalue weighted by atomic mass is 35.5. The normalized spacial score (nSPS) is 19.3. The van der Waals surface area contributed by atoms with Crippen LogP contribution in [0.4, 0.5) is 10.5 Å². The number of benzene rings is 3. The number of hydrogen-bond donors (Lipinski definition) is 1. The molecular formula is C26H24ClN3O2S. The van der Waals surface area contributed by atoms with Crippen LogP contribution in [0.3, 0.4) is 0 Å². The van der Waals surface area contributed by atoms with Crippen LogP contribution in [-0.2, 0) is 22.8 Å². The van der Waals surface area contributed by atoms with Crippen molar-refractivity contribution in [2.24, 2.45) is 0 Å². The average molecular weight is 478 g/mol. The second-order valence-corrected chi connectivity index (χ2v) is 10.1. The lowest BCUT2D eigenvalue weighted by Crippen LogP contribution is -2.53. The number of carbonyl (C=O) groups excluding carboxylic acids is 2. The second kappa shape index (κ2) is 8.76. The molecule has 3 aromatic carbocycles. The Morgan fingerprint density at radius 2 is 1.85 bits per heavy atom. The molecule has 5 nitrogen and oxygen atoms in total. The highest BCUT2D eigenvalue weighted by Crippen LogP contribution is 2.54. The summed E-state index contributed by atoms with van der Waals surface area (Å²) in [6, 6.07) is 23.2. The number of halogens is 1. The topological polar surface area (TPSA) is 52.7 Å². The summed E-state index contributed by atoms with van der Waals surface area (Å²) in [6.07, 6.45) is 0. The fraction of sp³-hybridized carbons (Fsp3) is 0.231. The van der Waals surface area contributed by atoms with Gasteiger partial charge in [0.15, 0.2) is 4.87 Å². The molecule has 2 aliphatic heterocycles. The van der Waals surface area contributed by atoms with E-state index in [1.165, 1.54) is 11.8 Å². The molecule has 3 aromatic rings. The lowest BCUT2D eigenvalue weighted by molar-refractivity contribution is -0.123. The number of fused-ring (bicyclic) bond motifs is 2. The second-order valence-electron chi connectivity index (χ2n) is 8.33. The summed E-state index contributed by atoms with van der Waals surface area (Å²) in [5.74, 6) is 0.575. The van der Waals surface area contributed by atoms with E-state index in [0.717, 1.165) is 27.9 Å². The number of hydrogen-bond acceptors (Lipinski definition) is 3. The van der Waals surface area contributed by atoms with E-state index in [1.54, 1.807) is 15.9 Å². The van der Waals surface area contributed by atoms with Crippen LogP contribution in [0.2, 0.25) is 5.02 Å². The van der Waals surface area contributed by atoms with Crippen LogP contribution in [0.15, 0.2) is 72.8 Å². The monoisotopic (exact) mass is 477 g/mol. The van der Waals surface area contributed by atoms with Crippen LogP contribution in [-0.4, -0.2) is 29.1 Å². The Hall–Kier alpha value is -2.96. The van der Waals surface area contributed by atoms with Crippen molar-refractivity contribution in [3.05, 3.63) is 100 Å². The molecule has 168 valence electrons. The fourth-order valence-electron chi connectivity index (χ4n) is 4.61. The molecule has 0 aromatic heterocycles. The third kappa shape index (κ3) is 3.87. The van der Waals surface area contributed by atoms with E-state index in [2.05, 4.69) is 5.32 Å². The number of carbonyl (C=O) groups is 2. The van der Waals surface area contributed by atoms with Crippen LogP contribution in [0.25, 0.3) is 0 Å². The zero-order chi connectivity index (χ0) is 23.0. The van der Waals surface area contributed by atoms with Crippen molar-refractivity contribution >= 4 is 41.0 Å². The maximum atomic E-state index is 14.0. The van der Waals surface area contributed by atoms with Gasteiger partial charge in [0.25, 0.3) is 5.91 Å². The van der Waals surface area contributed by atoms with Gasteiger partial charge in [-0.15, -0.1) is 11.8 Å². The number of nitrogens with zero attached hydrogens (tertiary/aromatic N) is 2. The summed E-state index contributed by atoms with van der Waals surface area (Å²) < 4.78 is 0. The van der Waals surface area contributed by atoms with Gasteiger partial charge in [0.1, 0.15) is 0 Å². The maximum absolute atomic E-state index is 14.0. The van der Waals surface area contributed by atoms with E-state index in [9.17, 15) is 9.59 Å². The zero-order valence-electron chi connectivity index (χ0n) is 18.3. The molecule has 2 heterocycles. The SMILES string of the molecule is Cc1cccc(CNC(=O)N2CCS[C@]23C(=O)N(Cc2ccccc2)c2ccc(Cl)cc23)c1. The van der Waals surface area contributed by atoms with Gasteiger partial charge >= 0.3 is 6.03 Å². The molecule has 0 saturated carbocycles. The van der Waals surface area contributed by atoms with Crippen LogP contribution in [0.5, 0.6) is 0 Å². The summed E-state index contributed by atoms with van der Waals surface area (Å²) in [6.45, 7) is 3.36. The Morgan fingerprint density at radius 3 is 2.64 bits per heavy atom. The lowest BCUT2D eigenvalue weighted by Gasteiger charge is -2.33. The smallest absolute Gasteiger partial charge is 0.319 e. The van der Waals surface area contributed by atoms with Gasteiger partial charge in [-0.25, -0.2) is 4.79 Å². The molecule has 5 rings (SSSR count). The number of aryl methyl sites for hydroxylation is 1. The molecule has 1 saturated heterocycles. The molecule has 7 heteroatoms. The minimum Gasteiger partial charge on any atom is -0.334 e. The Balaban J connectivity index is 1.47. The van der Waals surface area contributed by atoms with Crippen LogP contribution >= 0.6 is 23.4 Å². The molecule has 1 atom stereocenters. The molecule has 0 unspecified atom stereocenters. The van der Waals surface area contributed by atoms with Crippen molar-refractivity contribution in [3.8, 4) is 0 Å². The number of thioether (sulfide) groups is 1. The predicted molar refractivity (Wildman–Crippen MR) is 133 cm³/mol. The minimum absolute atomic E-state index is 0.100. The molecule has 1 N–H and O–H groups in total. The number of urea groups is 1. The van der Waals surface area contributed by atoms with Gasteiger partial charge in [-0.3, -0.25) is 9.69 Å². The van der Waals surface area contributed by atoms with E-state index in [0.29, 0.717) is 30.4 Å². The van der Waals surface area contributed by atoms with Gasteiger partial charge in [-0.05, 0) is 36.2 Å². The predicted octanol–water partition coefficient (Wildman–Crippen LogP) is 5.31. The Morgan fingerprint density at radius 1 is 1.06 bits per heavy atom. The van der Waals surface area contributed by atoms with Crippen LogP contribution in [0, 0.1) is 6.92 Å². The van der Waals surface area contributed by atoms with E-state index in [4.69, 9.17) is 11.6 Å². The highest BCUT2D eigenvalue weighted by Gasteiger charge is 2.59. The average Bonchev–Trinajstić information content (AvgIpc) is 3.35. The van der Waals surface area contributed by atoms with Gasteiger partial charge in [-0.1, -0.05) is 71.8 Å². The molecule has 3 amide bonds. The Kier molecular flexibility index (Phi) is 5.81. The first kappa shape index (κ1) is 21.9. The molecule has 0 radical (unpaired) electrons.